The standard InChI is InChI=1S/C14H16IN3O/c1-8(2)7-11-12(15)14(19)18-13(17-11)10-6-4-5-9(3)16-10/h4-6,8H,7H2,1-3H3,(H,17,18,19). The Labute approximate surface area is 125 Å². The lowest BCUT2D eigenvalue weighted by atomic mass is 10.1. The van der Waals surface area contributed by atoms with Crippen molar-refractivity contribution in [1.82, 2.24) is 15.0 Å². The maximum atomic E-state index is 12.0. The molecule has 0 bridgehead atoms. The molecule has 0 aliphatic heterocycles. The maximum Gasteiger partial charge on any atom is 0.264 e. The molecule has 0 aromatic carbocycles. The highest BCUT2D eigenvalue weighted by Crippen LogP contribution is 2.16. The lowest BCUT2D eigenvalue weighted by molar-refractivity contribution is 0.631. The lowest BCUT2D eigenvalue weighted by Crippen LogP contribution is -2.17. The topological polar surface area (TPSA) is 58.6 Å². The molecule has 2 rings (SSSR count). The fraction of sp³-hybridized carbons (Fsp3) is 0.357. The maximum absolute atomic E-state index is 12.0. The summed E-state index contributed by atoms with van der Waals surface area (Å²) < 4.78 is 0.669. The summed E-state index contributed by atoms with van der Waals surface area (Å²) in [6.45, 7) is 6.15. The van der Waals surface area contributed by atoms with Gasteiger partial charge in [0.15, 0.2) is 5.82 Å². The summed E-state index contributed by atoms with van der Waals surface area (Å²) in [6.07, 6.45) is 0.793. The second-order valence-electron chi connectivity index (χ2n) is 4.94. The van der Waals surface area contributed by atoms with Crippen LogP contribution in [0.1, 0.15) is 25.2 Å². The minimum atomic E-state index is -0.0930. The quantitative estimate of drug-likeness (QED) is 0.847. The summed E-state index contributed by atoms with van der Waals surface area (Å²) in [7, 11) is 0. The van der Waals surface area contributed by atoms with Crippen LogP contribution in [-0.4, -0.2) is 15.0 Å². The Balaban J connectivity index is 2.53. The average molecular weight is 369 g/mol. The number of rotatable bonds is 3. The zero-order valence-electron chi connectivity index (χ0n) is 11.2. The molecule has 0 saturated carbocycles. The van der Waals surface area contributed by atoms with E-state index in [0.717, 1.165) is 17.8 Å². The Hall–Kier alpha value is -1.24. The van der Waals surface area contributed by atoms with Crippen LogP contribution in [0.15, 0.2) is 23.0 Å². The Morgan fingerprint density at radius 2 is 2.05 bits per heavy atom. The van der Waals surface area contributed by atoms with Gasteiger partial charge in [-0.1, -0.05) is 19.9 Å². The third-order valence-corrected chi connectivity index (χ3v) is 3.78. The van der Waals surface area contributed by atoms with Gasteiger partial charge in [0.25, 0.3) is 5.56 Å². The second kappa shape index (κ2) is 5.81. The number of aromatic amines is 1. The van der Waals surface area contributed by atoms with E-state index in [-0.39, 0.29) is 5.56 Å². The van der Waals surface area contributed by atoms with Gasteiger partial charge >= 0.3 is 0 Å². The molecule has 1 N–H and O–H groups in total. The predicted octanol–water partition coefficient (Wildman–Crippen LogP) is 2.94. The van der Waals surface area contributed by atoms with Crippen LogP contribution in [0.25, 0.3) is 11.5 Å². The van der Waals surface area contributed by atoms with E-state index in [1.54, 1.807) is 0 Å². The SMILES string of the molecule is Cc1cccc(-c2nc(CC(C)C)c(I)c(=O)[nH]2)n1. The number of halogens is 1. The van der Waals surface area contributed by atoms with Crippen molar-refractivity contribution in [2.45, 2.75) is 27.2 Å². The lowest BCUT2D eigenvalue weighted by Gasteiger charge is -2.08. The fourth-order valence-corrected chi connectivity index (χ4v) is 2.30. The van der Waals surface area contributed by atoms with Gasteiger partial charge in [-0.3, -0.25) is 4.79 Å². The van der Waals surface area contributed by atoms with E-state index in [4.69, 9.17) is 0 Å². The zero-order chi connectivity index (χ0) is 14.0. The molecule has 2 aromatic heterocycles. The number of H-pyrrole nitrogens is 1. The molecule has 19 heavy (non-hydrogen) atoms. The van der Waals surface area contributed by atoms with Crippen LogP contribution in [0, 0.1) is 16.4 Å². The molecule has 4 nitrogen and oxygen atoms in total. The summed E-state index contributed by atoms with van der Waals surface area (Å²) in [4.78, 5) is 23.7. The molecule has 0 aliphatic carbocycles. The van der Waals surface area contributed by atoms with Gasteiger partial charge in [-0.05, 0) is 54.0 Å². The number of hydrogen-bond acceptors (Lipinski definition) is 3. The molecule has 0 atom stereocenters. The molecule has 0 aliphatic rings. The summed E-state index contributed by atoms with van der Waals surface area (Å²) in [5.74, 6) is 1.01. The summed E-state index contributed by atoms with van der Waals surface area (Å²) in [5.41, 5.74) is 2.37. The van der Waals surface area contributed by atoms with Crippen molar-refractivity contribution in [2.75, 3.05) is 0 Å². The van der Waals surface area contributed by atoms with Crippen molar-refractivity contribution in [1.29, 1.82) is 0 Å². The number of aryl methyl sites for hydroxylation is 1. The van der Waals surface area contributed by atoms with E-state index < -0.39 is 0 Å². The summed E-state index contributed by atoms with van der Waals surface area (Å²) in [5, 5.41) is 0. The Morgan fingerprint density at radius 1 is 1.32 bits per heavy atom. The van der Waals surface area contributed by atoms with Crippen LogP contribution in [0.5, 0.6) is 0 Å². The number of nitrogens with zero attached hydrogens (tertiary/aromatic N) is 2. The van der Waals surface area contributed by atoms with E-state index in [9.17, 15) is 4.79 Å². The van der Waals surface area contributed by atoms with Crippen LogP contribution in [0.4, 0.5) is 0 Å². The highest BCUT2D eigenvalue weighted by atomic mass is 127. The first kappa shape index (κ1) is 14.2. The number of nitrogens with one attached hydrogen (secondary N) is 1. The monoisotopic (exact) mass is 369 g/mol. The van der Waals surface area contributed by atoms with Gasteiger partial charge in [0.1, 0.15) is 5.69 Å². The first-order chi connectivity index (χ1) is 8.97. The van der Waals surface area contributed by atoms with Gasteiger partial charge in [0.2, 0.25) is 0 Å². The van der Waals surface area contributed by atoms with Gasteiger partial charge in [-0.2, -0.15) is 0 Å². The molecular weight excluding hydrogens is 353 g/mol. The van der Waals surface area contributed by atoms with Crippen LogP contribution < -0.4 is 5.56 Å². The Bertz CT molecular complexity index is 649. The van der Waals surface area contributed by atoms with Crippen molar-refractivity contribution in [3.05, 3.63) is 43.5 Å². The van der Waals surface area contributed by atoms with E-state index in [1.165, 1.54) is 0 Å². The van der Waals surface area contributed by atoms with E-state index in [0.29, 0.717) is 21.0 Å². The van der Waals surface area contributed by atoms with Gasteiger partial charge in [0.05, 0.1) is 9.26 Å². The number of pyridine rings is 1. The Morgan fingerprint density at radius 3 is 2.68 bits per heavy atom. The third-order valence-electron chi connectivity index (χ3n) is 2.66. The van der Waals surface area contributed by atoms with E-state index in [1.807, 2.05) is 25.1 Å². The number of hydrogen-bond donors (Lipinski definition) is 1. The fourth-order valence-electron chi connectivity index (χ4n) is 1.82. The van der Waals surface area contributed by atoms with Crippen molar-refractivity contribution in [3.63, 3.8) is 0 Å². The third kappa shape index (κ3) is 3.40. The first-order valence-electron chi connectivity index (χ1n) is 6.20. The van der Waals surface area contributed by atoms with Gasteiger partial charge in [-0.15, -0.1) is 0 Å². The van der Waals surface area contributed by atoms with Crippen molar-refractivity contribution >= 4 is 22.6 Å². The van der Waals surface area contributed by atoms with Crippen molar-refractivity contribution < 1.29 is 0 Å². The Kier molecular flexibility index (Phi) is 4.34. The van der Waals surface area contributed by atoms with Crippen molar-refractivity contribution in [3.8, 4) is 11.5 Å². The van der Waals surface area contributed by atoms with Crippen LogP contribution in [0.2, 0.25) is 0 Å². The predicted molar refractivity (Wildman–Crippen MR) is 84.1 cm³/mol. The zero-order valence-corrected chi connectivity index (χ0v) is 13.4. The highest BCUT2D eigenvalue weighted by molar-refractivity contribution is 14.1. The highest BCUT2D eigenvalue weighted by Gasteiger charge is 2.12. The van der Waals surface area contributed by atoms with Gasteiger partial charge in [-0.25, -0.2) is 9.97 Å². The van der Waals surface area contributed by atoms with Gasteiger partial charge < -0.3 is 4.98 Å². The molecule has 0 amide bonds. The minimum absolute atomic E-state index is 0.0930. The molecule has 0 unspecified atom stereocenters. The molecular formula is C14H16IN3O. The normalized spacial score (nSPS) is 11.0. The van der Waals surface area contributed by atoms with E-state index in [2.05, 4.69) is 51.4 Å². The molecule has 2 heterocycles. The number of aromatic nitrogens is 3. The minimum Gasteiger partial charge on any atom is -0.304 e. The molecule has 5 heteroatoms. The molecule has 100 valence electrons. The smallest absolute Gasteiger partial charge is 0.264 e. The second-order valence-corrected chi connectivity index (χ2v) is 6.02. The molecule has 0 fully saturated rings. The first-order valence-corrected chi connectivity index (χ1v) is 7.28. The summed E-state index contributed by atoms with van der Waals surface area (Å²) >= 11 is 2.05. The van der Waals surface area contributed by atoms with Crippen LogP contribution in [0.3, 0.4) is 0 Å². The summed E-state index contributed by atoms with van der Waals surface area (Å²) in [6, 6.07) is 5.69. The molecule has 0 spiro atoms. The molecule has 0 radical (unpaired) electrons. The average Bonchev–Trinajstić information content (AvgIpc) is 2.34. The van der Waals surface area contributed by atoms with Crippen molar-refractivity contribution in [2.24, 2.45) is 5.92 Å². The molecule has 2 aromatic rings. The van der Waals surface area contributed by atoms with E-state index >= 15 is 0 Å². The largest absolute Gasteiger partial charge is 0.304 e. The van der Waals surface area contributed by atoms with Gasteiger partial charge in [0, 0.05) is 5.69 Å². The van der Waals surface area contributed by atoms with Crippen LogP contribution in [-0.2, 0) is 6.42 Å². The van der Waals surface area contributed by atoms with Crippen LogP contribution >= 0.6 is 22.6 Å². The molecule has 0 saturated heterocycles.